The van der Waals surface area contributed by atoms with Crippen LogP contribution in [-0.4, -0.2) is 28.5 Å². The molecule has 2 N–H and O–H groups in total. The second-order valence-electron chi connectivity index (χ2n) is 4.19. The maximum atomic E-state index is 11.7. The normalized spacial score (nSPS) is 10.2. The van der Waals surface area contributed by atoms with Crippen molar-refractivity contribution in [2.24, 2.45) is 0 Å². The van der Waals surface area contributed by atoms with Crippen molar-refractivity contribution in [1.29, 1.82) is 0 Å². The number of amides is 1. The number of thiazole rings is 1. The Hall–Kier alpha value is -2.21. The van der Waals surface area contributed by atoms with Crippen LogP contribution >= 0.6 is 11.3 Å². The number of carboxylic acid groups (broad SMARTS) is 1. The molecule has 2 aromatic rings. The summed E-state index contributed by atoms with van der Waals surface area (Å²) >= 11 is 1.29. The average Bonchev–Trinajstić information content (AvgIpc) is 2.89. The van der Waals surface area contributed by atoms with Crippen molar-refractivity contribution in [2.75, 3.05) is 6.54 Å². The van der Waals surface area contributed by atoms with E-state index in [1.54, 1.807) is 0 Å². The number of nitrogens with one attached hydrogen (secondary N) is 1. The molecule has 0 spiro atoms. The summed E-state index contributed by atoms with van der Waals surface area (Å²) in [5, 5.41) is 13.8. The van der Waals surface area contributed by atoms with E-state index in [9.17, 15) is 9.59 Å². The van der Waals surface area contributed by atoms with Crippen LogP contribution in [0.25, 0.3) is 0 Å². The van der Waals surface area contributed by atoms with Gasteiger partial charge < -0.3 is 10.4 Å². The molecule has 0 atom stereocenters. The third-order valence-corrected chi connectivity index (χ3v) is 3.55. The lowest BCUT2D eigenvalue weighted by molar-refractivity contribution is -0.120. The zero-order chi connectivity index (χ0) is 14.4. The predicted molar refractivity (Wildman–Crippen MR) is 75.9 cm³/mol. The first kappa shape index (κ1) is 14.2. The molecule has 0 aliphatic rings. The molecule has 0 fully saturated rings. The Kier molecular flexibility index (Phi) is 4.84. The van der Waals surface area contributed by atoms with Crippen molar-refractivity contribution in [2.45, 2.75) is 12.8 Å². The van der Waals surface area contributed by atoms with Gasteiger partial charge >= 0.3 is 5.97 Å². The molecule has 1 heterocycles. The first-order valence-corrected chi connectivity index (χ1v) is 7.01. The lowest BCUT2D eigenvalue weighted by Gasteiger charge is -2.03. The van der Waals surface area contributed by atoms with Crippen LogP contribution < -0.4 is 5.32 Å². The van der Waals surface area contributed by atoms with Gasteiger partial charge in [0.25, 0.3) is 0 Å². The maximum Gasteiger partial charge on any atom is 0.355 e. The number of benzene rings is 1. The van der Waals surface area contributed by atoms with Gasteiger partial charge in [-0.3, -0.25) is 4.79 Å². The van der Waals surface area contributed by atoms with E-state index in [-0.39, 0.29) is 11.6 Å². The zero-order valence-corrected chi connectivity index (χ0v) is 11.5. The number of carboxylic acids is 1. The quantitative estimate of drug-likeness (QED) is 0.849. The fourth-order valence-corrected chi connectivity index (χ4v) is 2.45. The first-order chi connectivity index (χ1) is 9.65. The summed E-state index contributed by atoms with van der Waals surface area (Å²) in [6, 6.07) is 9.50. The Bertz CT molecular complexity index is 595. The molecule has 104 valence electrons. The number of hydrogen-bond donors (Lipinski definition) is 2. The summed E-state index contributed by atoms with van der Waals surface area (Å²) in [7, 11) is 0. The molecular weight excluding hydrogens is 276 g/mol. The predicted octanol–water partition coefficient (Wildman–Crippen LogP) is 1.74. The number of aromatic nitrogens is 1. The summed E-state index contributed by atoms with van der Waals surface area (Å²) < 4.78 is 0. The molecule has 0 bridgehead atoms. The molecule has 0 aliphatic carbocycles. The van der Waals surface area contributed by atoms with Gasteiger partial charge in [-0.25, -0.2) is 9.78 Å². The van der Waals surface area contributed by atoms with Crippen LogP contribution in [0.3, 0.4) is 0 Å². The second-order valence-corrected chi connectivity index (χ2v) is 5.14. The van der Waals surface area contributed by atoms with Gasteiger partial charge in [0.2, 0.25) is 5.91 Å². The summed E-state index contributed by atoms with van der Waals surface area (Å²) in [6.45, 7) is 0.457. The van der Waals surface area contributed by atoms with E-state index in [0.29, 0.717) is 24.4 Å². The van der Waals surface area contributed by atoms with Gasteiger partial charge in [-0.15, -0.1) is 11.3 Å². The lowest BCUT2D eigenvalue weighted by Crippen LogP contribution is -2.27. The Labute approximate surface area is 120 Å². The van der Waals surface area contributed by atoms with Crippen molar-refractivity contribution in [3.63, 3.8) is 0 Å². The lowest BCUT2D eigenvalue weighted by atomic mass is 10.1. The summed E-state index contributed by atoms with van der Waals surface area (Å²) in [5.41, 5.74) is 1.02. The van der Waals surface area contributed by atoms with Crippen LogP contribution in [0.4, 0.5) is 0 Å². The molecule has 1 amide bonds. The first-order valence-electron chi connectivity index (χ1n) is 6.13. The van der Waals surface area contributed by atoms with E-state index < -0.39 is 5.97 Å². The Morgan fingerprint density at radius 3 is 2.65 bits per heavy atom. The number of nitrogens with zero attached hydrogens (tertiary/aromatic N) is 1. The second kappa shape index (κ2) is 6.81. The fourth-order valence-electron chi connectivity index (χ4n) is 1.68. The van der Waals surface area contributed by atoms with Crippen LogP contribution in [0.15, 0.2) is 35.7 Å². The molecule has 20 heavy (non-hydrogen) atoms. The van der Waals surface area contributed by atoms with Crippen LogP contribution in [0.2, 0.25) is 0 Å². The van der Waals surface area contributed by atoms with Crippen molar-refractivity contribution in [1.82, 2.24) is 10.3 Å². The molecular formula is C14H14N2O3S. The van der Waals surface area contributed by atoms with E-state index in [2.05, 4.69) is 10.3 Å². The minimum atomic E-state index is -1.03. The summed E-state index contributed by atoms with van der Waals surface area (Å²) in [5.74, 6) is -1.08. The van der Waals surface area contributed by atoms with Crippen molar-refractivity contribution in [3.05, 3.63) is 52.0 Å². The highest BCUT2D eigenvalue weighted by Crippen LogP contribution is 2.09. The Morgan fingerprint density at radius 2 is 2.00 bits per heavy atom. The van der Waals surface area contributed by atoms with Gasteiger partial charge in [-0.2, -0.15) is 0 Å². The Morgan fingerprint density at radius 1 is 1.25 bits per heavy atom. The highest BCUT2D eigenvalue weighted by molar-refractivity contribution is 7.09. The van der Waals surface area contributed by atoms with Gasteiger partial charge in [0, 0.05) is 18.3 Å². The largest absolute Gasteiger partial charge is 0.476 e. The smallest absolute Gasteiger partial charge is 0.355 e. The molecule has 6 heteroatoms. The van der Waals surface area contributed by atoms with Gasteiger partial charge in [0.1, 0.15) is 0 Å². The third-order valence-electron chi connectivity index (χ3n) is 2.64. The number of rotatable bonds is 6. The summed E-state index contributed by atoms with van der Waals surface area (Å²) in [4.78, 5) is 26.3. The maximum absolute atomic E-state index is 11.7. The minimum absolute atomic E-state index is 0.0498. The number of carbonyl (C=O) groups excluding carboxylic acids is 1. The number of aromatic carboxylic acids is 1. The molecule has 1 aromatic heterocycles. The van der Waals surface area contributed by atoms with E-state index >= 15 is 0 Å². The molecule has 2 rings (SSSR count). The Balaban J connectivity index is 1.75. The summed E-state index contributed by atoms with van der Waals surface area (Å²) in [6.07, 6.45) is 0.886. The average molecular weight is 290 g/mol. The molecule has 0 unspecified atom stereocenters. The van der Waals surface area contributed by atoms with Crippen molar-refractivity contribution < 1.29 is 14.7 Å². The van der Waals surface area contributed by atoms with Crippen molar-refractivity contribution >= 4 is 23.2 Å². The van der Waals surface area contributed by atoms with E-state index in [4.69, 9.17) is 5.11 Å². The highest BCUT2D eigenvalue weighted by atomic mass is 32.1. The number of carbonyl (C=O) groups is 2. The van der Waals surface area contributed by atoms with E-state index in [0.717, 1.165) is 5.56 Å². The zero-order valence-electron chi connectivity index (χ0n) is 10.7. The minimum Gasteiger partial charge on any atom is -0.476 e. The van der Waals surface area contributed by atoms with Crippen LogP contribution in [0.1, 0.15) is 21.1 Å². The fraction of sp³-hybridized carbons (Fsp3) is 0.214. The number of hydrogen-bond acceptors (Lipinski definition) is 4. The van der Waals surface area contributed by atoms with Crippen LogP contribution in [0.5, 0.6) is 0 Å². The monoisotopic (exact) mass is 290 g/mol. The standard InChI is InChI=1S/C14H14N2O3S/c17-12(8-10-4-2-1-3-5-10)15-7-6-13-16-11(9-20-13)14(18)19/h1-5,9H,6-8H2,(H,15,17)(H,18,19). The third kappa shape index (κ3) is 4.17. The van der Waals surface area contributed by atoms with E-state index in [1.165, 1.54) is 16.7 Å². The molecule has 0 aliphatic heterocycles. The van der Waals surface area contributed by atoms with Gasteiger partial charge in [-0.1, -0.05) is 30.3 Å². The van der Waals surface area contributed by atoms with Gasteiger partial charge in [0.15, 0.2) is 5.69 Å². The SMILES string of the molecule is O=C(Cc1ccccc1)NCCc1nc(C(=O)O)cs1. The molecule has 0 saturated carbocycles. The van der Waals surface area contributed by atoms with Gasteiger partial charge in [-0.05, 0) is 5.56 Å². The van der Waals surface area contributed by atoms with Crippen molar-refractivity contribution in [3.8, 4) is 0 Å². The molecule has 0 radical (unpaired) electrons. The molecule has 1 aromatic carbocycles. The topological polar surface area (TPSA) is 79.3 Å². The molecule has 0 saturated heterocycles. The van der Waals surface area contributed by atoms with Crippen LogP contribution in [-0.2, 0) is 17.6 Å². The highest BCUT2D eigenvalue weighted by Gasteiger charge is 2.09. The van der Waals surface area contributed by atoms with Crippen LogP contribution in [0, 0.1) is 0 Å². The molecule has 5 nitrogen and oxygen atoms in total. The van der Waals surface area contributed by atoms with Gasteiger partial charge in [0.05, 0.1) is 11.4 Å². The van der Waals surface area contributed by atoms with E-state index in [1.807, 2.05) is 30.3 Å².